The molecule has 0 saturated carbocycles. The van der Waals surface area contributed by atoms with E-state index >= 15 is 0 Å². The molecule has 0 aliphatic heterocycles. The van der Waals surface area contributed by atoms with Crippen LogP contribution in [0.5, 0.6) is 0 Å². The first-order valence-corrected chi connectivity index (χ1v) is 5.17. The van der Waals surface area contributed by atoms with E-state index in [1.165, 1.54) is 18.3 Å². The van der Waals surface area contributed by atoms with Gasteiger partial charge in [-0.1, -0.05) is 0 Å². The maximum Gasteiger partial charge on any atom is 0.406 e. The summed E-state index contributed by atoms with van der Waals surface area (Å²) in [5.41, 5.74) is 0.226. The van der Waals surface area contributed by atoms with Crippen molar-refractivity contribution < 1.29 is 17.6 Å². The fraction of sp³-hybridized carbons (Fsp3) is 0.200. The third kappa shape index (κ3) is 2.21. The Morgan fingerprint density at radius 3 is 2.56 bits per heavy atom. The van der Waals surface area contributed by atoms with E-state index in [0.29, 0.717) is 9.86 Å². The number of alkyl halides is 3. The largest absolute Gasteiger partial charge is 0.406 e. The molecule has 6 heteroatoms. The molecule has 0 unspecified atom stereocenters. The Kier molecular flexibility index (Phi) is 2.69. The summed E-state index contributed by atoms with van der Waals surface area (Å²) in [6.07, 6.45) is -3.02. The van der Waals surface area contributed by atoms with E-state index in [4.69, 9.17) is 0 Å². The van der Waals surface area contributed by atoms with Crippen LogP contribution >= 0.6 is 15.9 Å². The first kappa shape index (κ1) is 11.4. The Labute approximate surface area is 96.8 Å². The molecule has 0 N–H and O–H groups in total. The van der Waals surface area contributed by atoms with Crippen molar-refractivity contribution in [2.75, 3.05) is 0 Å². The highest BCUT2D eigenvalue weighted by atomic mass is 79.9. The summed E-state index contributed by atoms with van der Waals surface area (Å²) in [4.78, 5) is 0. The molecule has 0 bridgehead atoms. The summed E-state index contributed by atoms with van der Waals surface area (Å²) >= 11 is 3.11. The highest BCUT2D eigenvalue weighted by molar-refractivity contribution is 9.10. The SMILES string of the molecule is Fc1cc(Br)c2ccn(CC(F)(F)F)c2c1. The normalized spacial score (nSPS) is 12.3. The van der Waals surface area contributed by atoms with E-state index < -0.39 is 18.5 Å². The van der Waals surface area contributed by atoms with Crippen molar-refractivity contribution in [2.24, 2.45) is 0 Å². The zero-order chi connectivity index (χ0) is 11.9. The van der Waals surface area contributed by atoms with Crippen LogP contribution in [0.25, 0.3) is 10.9 Å². The molecule has 0 atom stereocenters. The second-order valence-electron chi connectivity index (χ2n) is 3.38. The van der Waals surface area contributed by atoms with Gasteiger partial charge >= 0.3 is 6.18 Å². The summed E-state index contributed by atoms with van der Waals surface area (Å²) in [7, 11) is 0. The molecule has 0 fully saturated rings. The van der Waals surface area contributed by atoms with Gasteiger partial charge in [0.05, 0.1) is 5.52 Å². The van der Waals surface area contributed by atoms with Crippen molar-refractivity contribution in [1.29, 1.82) is 0 Å². The zero-order valence-corrected chi connectivity index (χ0v) is 9.44. The molecule has 0 radical (unpaired) electrons. The average Bonchev–Trinajstić information content (AvgIpc) is 2.46. The minimum atomic E-state index is -4.31. The van der Waals surface area contributed by atoms with Crippen LogP contribution in [0.15, 0.2) is 28.9 Å². The van der Waals surface area contributed by atoms with Gasteiger partial charge < -0.3 is 4.57 Å². The van der Waals surface area contributed by atoms with Crippen molar-refractivity contribution >= 4 is 26.8 Å². The molecule has 0 spiro atoms. The Balaban J connectivity index is 2.56. The number of nitrogens with zero attached hydrogens (tertiary/aromatic N) is 1. The fourth-order valence-electron chi connectivity index (χ4n) is 1.55. The number of hydrogen-bond donors (Lipinski definition) is 0. The van der Waals surface area contributed by atoms with Crippen LogP contribution in [-0.4, -0.2) is 10.7 Å². The lowest BCUT2D eigenvalue weighted by Gasteiger charge is -2.09. The monoisotopic (exact) mass is 295 g/mol. The smallest absolute Gasteiger partial charge is 0.338 e. The van der Waals surface area contributed by atoms with Crippen molar-refractivity contribution in [1.82, 2.24) is 4.57 Å². The highest BCUT2D eigenvalue weighted by Gasteiger charge is 2.28. The lowest BCUT2D eigenvalue weighted by molar-refractivity contribution is -0.139. The summed E-state index contributed by atoms with van der Waals surface area (Å²) in [5, 5.41) is 0.561. The van der Waals surface area contributed by atoms with Crippen molar-refractivity contribution in [3.8, 4) is 0 Å². The van der Waals surface area contributed by atoms with Gasteiger partial charge in [-0.15, -0.1) is 0 Å². The molecule has 0 saturated heterocycles. The van der Waals surface area contributed by atoms with Crippen LogP contribution in [0, 0.1) is 5.82 Å². The quantitative estimate of drug-likeness (QED) is 0.698. The van der Waals surface area contributed by atoms with Gasteiger partial charge in [0, 0.05) is 16.1 Å². The second-order valence-corrected chi connectivity index (χ2v) is 4.23. The van der Waals surface area contributed by atoms with Crippen LogP contribution in [-0.2, 0) is 6.54 Å². The molecular weight excluding hydrogens is 290 g/mol. The molecule has 1 aromatic carbocycles. The molecule has 16 heavy (non-hydrogen) atoms. The Bertz CT molecular complexity index is 529. The second kappa shape index (κ2) is 3.76. The van der Waals surface area contributed by atoms with E-state index in [-0.39, 0.29) is 5.52 Å². The molecule has 1 heterocycles. The van der Waals surface area contributed by atoms with Crippen LogP contribution in [0.3, 0.4) is 0 Å². The lowest BCUT2D eigenvalue weighted by Crippen LogP contribution is -2.16. The topological polar surface area (TPSA) is 4.93 Å². The summed E-state index contributed by atoms with van der Waals surface area (Å²) in [6.45, 7) is -1.12. The average molecular weight is 296 g/mol. The lowest BCUT2D eigenvalue weighted by atomic mass is 10.2. The minimum Gasteiger partial charge on any atom is -0.338 e. The Morgan fingerprint density at radius 2 is 1.94 bits per heavy atom. The number of halogens is 5. The predicted octanol–water partition coefficient (Wildman–Crippen LogP) is 4.11. The van der Waals surface area contributed by atoms with Gasteiger partial charge in [-0.25, -0.2) is 4.39 Å². The van der Waals surface area contributed by atoms with Crippen LogP contribution in [0.4, 0.5) is 17.6 Å². The maximum absolute atomic E-state index is 13.1. The van der Waals surface area contributed by atoms with Gasteiger partial charge in [0.2, 0.25) is 0 Å². The van der Waals surface area contributed by atoms with Crippen molar-refractivity contribution in [3.05, 3.63) is 34.7 Å². The Morgan fingerprint density at radius 1 is 1.25 bits per heavy atom. The molecular formula is C10H6BrF4N. The Hall–Kier alpha value is -1.04. The minimum absolute atomic E-state index is 0.226. The first-order valence-electron chi connectivity index (χ1n) is 4.37. The van der Waals surface area contributed by atoms with Gasteiger partial charge in [-0.05, 0) is 34.1 Å². The van der Waals surface area contributed by atoms with Crippen LogP contribution in [0.1, 0.15) is 0 Å². The molecule has 1 aromatic heterocycles. The van der Waals surface area contributed by atoms with Crippen molar-refractivity contribution in [2.45, 2.75) is 12.7 Å². The maximum atomic E-state index is 13.1. The van der Waals surface area contributed by atoms with E-state index in [2.05, 4.69) is 15.9 Å². The van der Waals surface area contributed by atoms with Gasteiger partial charge in [0.15, 0.2) is 0 Å². The first-order chi connectivity index (χ1) is 7.37. The predicted molar refractivity (Wildman–Crippen MR) is 55.7 cm³/mol. The van der Waals surface area contributed by atoms with Gasteiger partial charge in [0.25, 0.3) is 0 Å². The molecule has 2 rings (SSSR count). The van der Waals surface area contributed by atoms with Gasteiger partial charge in [0.1, 0.15) is 12.4 Å². The van der Waals surface area contributed by atoms with E-state index in [1.54, 1.807) is 0 Å². The molecule has 0 aliphatic carbocycles. The number of benzene rings is 1. The zero-order valence-electron chi connectivity index (χ0n) is 7.85. The van der Waals surface area contributed by atoms with E-state index in [0.717, 1.165) is 10.6 Å². The standard InChI is InChI=1S/C10H6BrF4N/c11-8-3-6(12)4-9-7(8)1-2-16(9)5-10(13,14)15/h1-4H,5H2. The summed E-state index contributed by atoms with van der Waals surface area (Å²) < 4.78 is 51.2. The molecule has 86 valence electrons. The van der Waals surface area contributed by atoms with Crippen molar-refractivity contribution in [3.63, 3.8) is 0 Å². The molecule has 1 nitrogen and oxygen atoms in total. The van der Waals surface area contributed by atoms with Crippen LogP contribution < -0.4 is 0 Å². The van der Waals surface area contributed by atoms with E-state index in [1.807, 2.05) is 0 Å². The number of rotatable bonds is 1. The highest BCUT2D eigenvalue weighted by Crippen LogP contribution is 2.28. The van der Waals surface area contributed by atoms with Gasteiger partial charge in [-0.3, -0.25) is 0 Å². The number of fused-ring (bicyclic) bond motifs is 1. The summed E-state index contributed by atoms with van der Waals surface area (Å²) in [5.74, 6) is -0.568. The number of aromatic nitrogens is 1. The fourth-order valence-corrected chi connectivity index (χ4v) is 2.10. The third-order valence-corrected chi connectivity index (χ3v) is 2.81. The molecule has 0 amide bonds. The van der Waals surface area contributed by atoms with Gasteiger partial charge in [-0.2, -0.15) is 13.2 Å². The molecule has 2 aromatic rings. The third-order valence-electron chi connectivity index (χ3n) is 2.15. The number of hydrogen-bond acceptors (Lipinski definition) is 0. The summed E-state index contributed by atoms with van der Waals surface area (Å²) in [6, 6.07) is 3.83. The van der Waals surface area contributed by atoms with Crippen LogP contribution in [0.2, 0.25) is 0 Å². The van der Waals surface area contributed by atoms with E-state index in [9.17, 15) is 17.6 Å². The molecule has 0 aliphatic rings.